The van der Waals surface area contributed by atoms with Gasteiger partial charge in [-0.25, -0.2) is 9.78 Å². The summed E-state index contributed by atoms with van der Waals surface area (Å²) in [5.41, 5.74) is 12.2. The SMILES string of the molecule is CC(=O)c1c(C2CCC(OCCN3CCOCC3)CC2)nc2c(-c3ccc(-c4ccccc4)nc3)cnn2c1N.O=C(O)O. The van der Waals surface area contributed by atoms with Crippen molar-refractivity contribution in [1.82, 2.24) is 24.5 Å². The number of hydrogen-bond donors (Lipinski definition) is 3. The molecule has 3 aromatic heterocycles. The van der Waals surface area contributed by atoms with E-state index in [1.54, 1.807) is 17.6 Å². The van der Waals surface area contributed by atoms with Gasteiger partial charge in [-0.3, -0.25) is 14.7 Å². The van der Waals surface area contributed by atoms with Crippen molar-refractivity contribution in [1.29, 1.82) is 0 Å². The number of carbonyl (C=O) groups excluding carboxylic acids is 1. The van der Waals surface area contributed by atoms with Crippen LogP contribution in [0.2, 0.25) is 0 Å². The maximum atomic E-state index is 12.8. The van der Waals surface area contributed by atoms with Gasteiger partial charge < -0.3 is 25.4 Å². The Bertz CT molecular complexity index is 1560. The summed E-state index contributed by atoms with van der Waals surface area (Å²) in [6, 6.07) is 14.1. The molecule has 1 saturated carbocycles. The molecule has 1 aromatic carbocycles. The minimum Gasteiger partial charge on any atom is -0.450 e. The number of ketones is 1. The lowest BCUT2D eigenvalue weighted by Crippen LogP contribution is -2.39. The fourth-order valence-corrected chi connectivity index (χ4v) is 5.90. The van der Waals surface area contributed by atoms with Gasteiger partial charge in [-0.2, -0.15) is 9.61 Å². The fourth-order valence-electron chi connectivity index (χ4n) is 5.90. The van der Waals surface area contributed by atoms with E-state index < -0.39 is 6.16 Å². The second-order valence-electron chi connectivity index (χ2n) is 11.0. The molecule has 232 valence electrons. The molecule has 2 fully saturated rings. The van der Waals surface area contributed by atoms with Crippen molar-refractivity contribution in [2.75, 3.05) is 45.2 Å². The van der Waals surface area contributed by atoms with Crippen LogP contribution in [0.3, 0.4) is 0 Å². The lowest BCUT2D eigenvalue weighted by Gasteiger charge is -2.31. The van der Waals surface area contributed by atoms with Crippen molar-refractivity contribution in [3.63, 3.8) is 0 Å². The fraction of sp³-hybridized carbons (Fsp3) is 0.406. The third-order valence-corrected chi connectivity index (χ3v) is 8.13. The Morgan fingerprint density at radius 2 is 1.70 bits per heavy atom. The number of fused-ring (bicyclic) bond motifs is 1. The zero-order chi connectivity index (χ0) is 31.1. The van der Waals surface area contributed by atoms with Crippen LogP contribution in [0.15, 0.2) is 54.9 Å². The third-order valence-electron chi connectivity index (χ3n) is 8.13. The predicted molar refractivity (Wildman–Crippen MR) is 165 cm³/mol. The molecule has 1 aliphatic heterocycles. The van der Waals surface area contributed by atoms with E-state index in [0.29, 0.717) is 17.0 Å². The molecule has 6 rings (SSSR count). The van der Waals surface area contributed by atoms with Gasteiger partial charge in [-0.05, 0) is 38.7 Å². The summed E-state index contributed by atoms with van der Waals surface area (Å²) in [5.74, 6) is 0.403. The Labute approximate surface area is 255 Å². The van der Waals surface area contributed by atoms with E-state index in [0.717, 1.165) is 93.2 Å². The number of carbonyl (C=O) groups is 2. The first-order valence-corrected chi connectivity index (χ1v) is 14.8. The Hall–Kier alpha value is -4.39. The van der Waals surface area contributed by atoms with Crippen LogP contribution in [0.25, 0.3) is 28.0 Å². The lowest BCUT2D eigenvalue weighted by molar-refractivity contribution is -0.0101. The first-order chi connectivity index (χ1) is 21.3. The number of carboxylic acid groups (broad SMARTS) is 2. The van der Waals surface area contributed by atoms with Crippen LogP contribution in [-0.2, 0) is 9.47 Å². The highest BCUT2D eigenvalue weighted by atomic mass is 16.6. The summed E-state index contributed by atoms with van der Waals surface area (Å²) in [7, 11) is 0. The van der Waals surface area contributed by atoms with Gasteiger partial charge in [0.05, 0.1) is 49.1 Å². The number of hydrogen-bond acceptors (Lipinski definition) is 9. The molecular formula is C32H38N6O6. The number of morpholine rings is 1. The van der Waals surface area contributed by atoms with Crippen molar-refractivity contribution >= 4 is 23.4 Å². The monoisotopic (exact) mass is 602 g/mol. The van der Waals surface area contributed by atoms with Crippen LogP contribution in [-0.4, -0.2) is 92.2 Å². The maximum Gasteiger partial charge on any atom is 0.503 e. The lowest BCUT2D eigenvalue weighted by atomic mass is 9.83. The number of benzene rings is 1. The number of aromatic nitrogens is 4. The number of ether oxygens (including phenoxy) is 2. The van der Waals surface area contributed by atoms with E-state index in [4.69, 9.17) is 35.2 Å². The van der Waals surface area contributed by atoms with E-state index in [-0.39, 0.29) is 17.8 Å². The highest BCUT2D eigenvalue weighted by molar-refractivity contribution is 6.00. The molecule has 4 heterocycles. The van der Waals surface area contributed by atoms with Crippen LogP contribution in [0.1, 0.15) is 54.6 Å². The summed E-state index contributed by atoms with van der Waals surface area (Å²) in [5, 5.41) is 18.5. The summed E-state index contributed by atoms with van der Waals surface area (Å²) >= 11 is 0. The second-order valence-corrected chi connectivity index (χ2v) is 11.0. The minimum absolute atomic E-state index is 0.0864. The maximum absolute atomic E-state index is 12.8. The molecule has 4 aromatic rings. The highest BCUT2D eigenvalue weighted by Gasteiger charge is 2.30. The van der Waals surface area contributed by atoms with Crippen LogP contribution >= 0.6 is 0 Å². The van der Waals surface area contributed by atoms with Crippen molar-refractivity contribution in [2.45, 2.75) is 44.6 Å². The quantitative estimate of drug-likeness (QED) is 0.236. The van der Waals surface area contributed by atoms with Crippen LogP contribution < -0.4 is 5.73 Å². The Morgan fingerprint density at radius 3 is 2.34 bits per heavy atom. The number of anilines is 1. The average molecular weight is 603 g/mol. The van der Waals surface area contributed by atoms with Crippen molar-refractivity contribution in [2.24, 2.45) is 0 Å². The van der Waals surface area contributed by atoms with Crippen LogP contribution in [0.5, 0.6) is 0 Å². The summed E-state index contributed by atoms with van der Waals surface area (Å²) in [6.45, 7) is 6.79. The van der Waals surface area contributed by atoms with Gasteiger partial charge in [0, 0.05) is 48.4 Å². The Balaban J connectivity index is 0.000000906. The van der Waals surface area contributed by atoms with Gasteiger partial charge in [-0.1, -0.05) is 36.4 Å². The number of nitrogens with zero attached hydrogens (tertiary/aromatic N) is 5. The molecule has 1 aliphatic carbocycles. The highest BCUT2D eigenvalue weighted by Crippen LogP contribution is 2.38. The molecule has 0 radical (unpaired) electrons. The first-order valence-electron chi connectivity index (χ1n) is 14.8. The first kappa shape index (κ1) is 31.0. The summed E-state index contributed by atoms with van der Waals surface area (Å²) in [4.78, 5) is 33.5. The van der Waals surface area contributed by atoms with Crippen LogP contribution in [0, 0.1) is 0 Å². The number of pyridine rings is 1. The van der Waals surface area contributed by atoms with Gasteiger partial charge >= 0.3 is 6.16 Å². The molecular weight excluding hydrogens is 564 g/mol. The number of nitrogens with two attached hydrogens (primary N) is 1. The number of rotatable bonds is 8. The number of nitrogen functional groups attached to an aromatic ring is 1. The number of Topliss-reactive ketones (excluding diaryl/α,β-unsaturated/α-hetero) is 1. The van der Waals surface area contributed by atoms with E-state index in [1.807, 2.05) is 48.7 Å². The zero-order valence-electron chi connectivity index (χ0n) is 24.8. The van der Waals surface area contributed by atoms with Gasteiger partial charge in [0.15, 0.2) is 11.4 Å². The smallest absolute Gasteiger partial charge is 0.450 e. The molecule has 0 bridgehead atoms. The molecule has 1 saturated heterocycles. The molecule has 44 heavy (non-hydrogen) atoms. The molecule has 0 atom stereocenters. The predicted octanol–water partition coefficient (Wildman–Crippen LogP) is 4.84. The molecule has 12 heteroatoms. The molecule has 0 unspecified atom stereocenters. The molecule has 0 spiro atoms. The summed E-state index contributed by atoms with van der Waals surface area (Å²) in [6.07, 6.45) is 5.69. The van der Waals surface area contributed by atoms with Crippen molar-refractivity contribution in [3.05, 3.63) is 66.1 Å². The van der Waals surface area contributed by atoms with Gasteiger partial charge in [0.25, 0.3) is 0 Å². The zero-order valence-corrected chi connectivity index (χ0v) is 24.8. The second kappa shape index (κ2) is 14.4. The van der Waals surface area contributed by atoms with E-state index in [1.165, 1.54) is 0 Å². The van der Waals surface area contributed by atoms with Gasteiger partial charge in [-0.15, -0.1) is 0 Å². The third kappa shape index (κ3) is 7.39. The standard InChI is InChI=1S/C31H36N6O3.CH2O3/c1-21(38)28-29(23-7-10-25(11-8-23)40-18-15-36-13-16-39-17-14-36)35-31-26(20-34-37(31)30(28)32)24-9-12-27(33-19-24)22-5-3-2-4-6-22;2-1(3)4/h2-6,9,12,19-20,23,25H,7-8,10-11,13-18,32H2,1H3;(H2,2,3,4). The molecule has 2 aliphatic rings. The van der Waals surface area contributed by atoms with E-state index in [2.05, 4.69) is 15.0 Å². The van der Waals surface area contributed by atoms with Gasteiger partial charge in [0.1, 0.15) is 5.82 Å². The Kier molecular flexibility index (Phi) is 10.2. The van der Waals surface area contributed by atoms with Crippen LogP contribution in [0.4, 0.5) is 10.6 Å². The average Bonchev–Trinajstić information content (AvgIpc) is 3.46. The minimum atomic E-state index is -1.83. The van der Waals surface area contributed by atoms with Crippen molar-refractivity contribution in [3.8, 4) is 22.4 Å². The van der Waals surface area contributed by atoms with Gasteiger partial charge in [0.2, 0.25) is 0 Å². The molecule has 0 amide bonds. The van der Waals surface area contributed by atoms with Crippen molar-refractivity contribution < 1.29 is 29.3 Å². The van der Waals surface area contributed by atoms with E-state index >= 15 is 0 Å². The van der Waals surface area contributed by atoms with E-state index in [9.17, 15) is 4.79 Å². The Morgan fingerprint density at radius 1 is 1.00 bits per heavy atom. The molecule has 12 nitrogen and oxygen atoms in total. The largest absolute Gasteiger partial charge is 0.503 e. The topological polar surface area (TPSA) is 165 Å². The summed E-state index contributed by atoms with van der Waals surface area (Å²) < 4.78 is 13.2. The molecule has 4 N–H and O–H groups in total. The normalized spacial score (nSPS) is 18.8.